The van der Waals surface area contributed by atoms with Gasteiger partial charge in [-0.1, -0.05) is 11.6 Å². The zero-order chi connectivity index (χ0) is 12.1. The first-order valence-corrected chi connectivity index (χ1v) is 6.35. The third-order valence-corrected chi connectivity index (χ3v) is 3.09. The molecule has 0 spiro atoms. The molecule has 1 aromatic rings. The van der Waals surface area contributed by atoms with Crippen molar-refractivity contribution in [1.82, 2.24) is 5.32 Å². The van der Waals surface area contributed by atoms with Gasteiger partial charge in [0.15, 0.2) is 0 Å². The summed E-state index contributed by atoms with van der Waals surface area (Å²) in [5, 5.41) is 3.87. The highest BCUT2D eigenvalue weighted by Gasteiger charge is 2.16. The molecule has 94 valence electrons. The molecule has 1 aliphatic heterocycles. The Morgan fingerprint density at radius 1 is 1.41 bits per heavy atom. The van der Waals surface area contributed by atoms with Gasteiger partial charge >= 0.3 is 0 Å². The zero-order valence-electron chi connectivity index (χ0n) is 10.0. The molecule has 0 aliphatic carbocycles. The summed E-state index contributed by atoms with van der Waals surface area (Å²) in [6, 6.07) is 5.77. The second-order valence-electron chi connectivity index (χ2n) is 4.21. The summed E-state index contributed by atoms with van der Waals surface area (Å²) in [6.45, 7) is 2.35. The smallest absolute Gasteiger partial charge is 0.124 e. The van der Waals surface area contributed by atoms with Gasteiger partial charge < -0.3 is 14.8 Å². The molecule has 0 atom stereocenters. The predicted octanol–water partition coefficient (Wildman–Crippen LogP) is 2.62. The molecule has 1 aliphatic rings. The summed E-state index contributed by atoms with van der Waals surface area (Å²) in [5.74, 6) is 0.927. The molecule has 1 saturated heterocycles. The number of halogens is 1. The fourth-order valence-electron chi connectivity index (χ4n) is 1.96. The number of hydrogen-bond acceptors (Lipinski definition) is 3. The van der Waals surface area contributed by atoms with Crippen LogP contribution in [0.15, 0.2) is 18.2 Å². The third-order valence-electron chi connectivity index (χ3n) is 2.85. The Kier molecular flexibility index (Phi) is 4.66. The minimum absolute atomic E-state index is 0.264. The van der Waals surface area contributed by atoms with Gasteiger partial charge in [0.25, 0.3) is 0 Å². The Morgan fingerprint density at radius 3 is 2.88 bits per heavy atom. The maximum Gasteiger partial charge on any atom is 0.124 e. The van der Waals surface area contributed by atoms with Crippen LogP contribution in [0.25, 0.3) is 0 Å². The largest absolute Gasteiger partial charge is 0.490 e. The average molecular weight is 256 g/mol. The summed E-state index contributed by atoms with van der Waals surface area (Å²) in [4.78, 5) is 0. The minimum Gasteiger partial charge on any atom is -0.490 e. The SMILES string of the molecule is CNCc1cc(Cl)ccc1OC1CCOCC1. The van der Waals surface area contributed by atoms with Crippen molar-refractivity contribution in [2.75, 3.05) is 20.3 Å². The van der Waals surface area contributed by atoms with Gasteiger partial charge in [0, 0.05) is 30.0 Å². The van der Waals surface area contributed by atoms with Crippen LogP contribution in [0.3, 0.4) is 0 Å². The molecule has 0 unspecified atom stereocenters. The molecule has 3 nitrogen and oxygen atoms in total. The monoisotopic (exact) mass is 255 g/mol. The van der Waals surface area contributed by atoms with Gasteiger partial charge in [0.1, 0.15) is 11.9 Å². The molecule has 0 radical (unpaired) electrons. The van der Waals surface area contributed by atoms with Gasteiger partial charge in [0.2, 0.25) is 0 Å². The molecule has 1 N–H and O–H groups in total. The van der Waals surface area contributed by atoms with Crippen molar-refractivity contribution in [3.63, 3.8) is 0 Å². The van der Waals surface area contributed by atoms with E-state index in [-0.39, 0.29) is 6.10 Å². The van der Waals surface area contributed by atoms with E-state index in [1.807, 2.05) is 25.2 Å². The second kappa shape index (κ2) is 6.24. The Morgan fingerprint density at radius 2 is 2.18 bits per heavy atom. The van der Waals surface area contributed by atoms with Crippen LogP contribution in [-0.4, -0.2) is 26.4 Å². The van der Waals surface area contributed by atoms with Crippen molar-refractivity contribution in [1.29, 1.82) is 0 Å². The van der Waals surface area contributed by atoms with E-state index in [4.69, 9.17) is 21.1 Å². The first kappa shape index (κ1) is 12.7. The lowest BCUT2D eigenvalue weighted by Gasteiger charge is -2.24. The molecule has 4 heteroatoms. The van der Waals surface area contributed by atoms with Crippen LogP contribution in [0.4, 0.5) is 0 Å². The Hall–Kier alpha value is -0.770. The summed E-state index contributed by atoms with van der Waals surface area (Å²) >= 11 is 5.99. The number of benzene rings is 1. The van der Waals surface area contributed by atoms with Crippen LogP contribution in [0.2, 0.25) is 5.02 Å². The fourth-order valence-corrected chi connectivity index (χ4v) is 2.16. The van der Waals surface area contributed by atoms with E-state index >= 15 is 0 Å². The van der Waals surface area contributed by atoms with Crippen LogP contribution in [-0.2, 0) is 11.3 Å². The number of nitrogens with one attached hydrogen (secondary N) is 1. The lowest BCUT2D eigenvalue weighted by Crippen LogP contribution is -2.26. The standard InChI is InChI=1S/C13H18ClNO2/c1-15-9-10-8-11(14)2-3-13(10)17-12-4-6-16-7-5-12/h2-3,8,12,15H,4-7,9H2,1H3. The highest BCUT2D eigenvalue weighted by atomic mass is 35.5. The van der Waals surface area contributed by atoms with Crippen LogP contribution < -0.4 is 10.1 Å². The quantitative estimate of drug-likeness (QED) is 0.897. The van der Waals surface area contributed by atoms with Gasteiger partial charge in [-0.3, -0.25) is 0 Å². The van der Waals surface area contributed by atoms with Gasteiger partial charge in [0.05, 0.1) is 13.2 Å². The zero-order valence-corrected chi connectivity index (χ0v) is 10.8. The lowest BCUT2D eigenvalue weighted by atomic mass is 10.1. The molecule has 1 fully saturated rings. The Balaban J connectivity index is 2.07. The minimum atomic E-state index is 0.264. The Labute approximate surface area is 107 Å². The first-order chi connectivity index (χ1) is 8.29. The fraction of sp³-hybridized carbons (Fsp3) is 0.538. The summed E-state index contributed by atoms with van der Waals surface area (Å²) in [7, 11) is 1.92. The third kappa shape index (κ3) is 3.60. The highest BCUT2D eigenvalue weighted by molar-refractivity contribution is 6.30. The molecule has 1 heterocycles. The Bertz CT molecular complexity index is 364. The van der Waals surface area contributed by atoms with Gasteiger partial charge in [-0.05, 0) is 25.2 Å². The number of ether oxygens (including phenoxy) is 2. The molecular formula is C13H18ClNO2. The second-order valence-corrected chi connectivity index (χ2v) is 4.65. The summed E-state index contributed by atoms with van der Waals surface area (Å²) in [5.41, 5.74) is 1.10. The van der Waals surface area contributed by atoms with Crippen LogP contribution in [0, 0.1) is 0 Å². The topological polar surface area (TPSA) is 30.5 Å². The van der Waals surface area contributed by atoms with Gasteiger partial charge in [-0.25, -0.2) is 0 Å². The lowest BCUT2D eigenvalue weighted by molar-refractivity contribution is 0.0251. The normalized spacial score (nSPS) is 17.1. The van der Waals surface area contributed by atoms with E-state index in [9.17, 15) is 0 Å². The maximum absolute atomic E-state index is 6.02. The predicted molar refractivity (Wildman–Crippen MR) is 68.7 cm³/mol. The maximum atomic E-state index is 6.02. The molecule has 2 rings (SSSR count). The number of rotatable bonds is 4. The van der Waals surface area contributed by atoms with E-state index < -0.39 is 0 Å². The molecule has 0 amide bonds. The molecular weight excluding hydrogens is 238 g/mol. The van der Waals surface area contributed by atoms with E-state index in [0.717, 1.165) is 48.9 Å². The van der Waals surface area contributed by atoms with E-state index in [2.05, 4.69) is 5.32 Å². The van der Waals surface area contributed by atoms with Crippen molar-refractivity contribution >= 4 is 11.6 Å². The van der Waals surface area contributed by atoms with Crippen molar-refractivity contribution in [3.8, 4) is 5.75 Å². The highest BCUT2D eigenvalue weighted by Crippen LogP contribution is 2.25. The molecule has 0 aromatic heterocycles. The van der Waals surface area contributed by atoms with Crippen molar-refractivity contribution in [2.24, 2.45) is 0 Å². The molecule has 17 heavy (non-hydrogen) atoms. The average Bonchev–Trinajstić information content (AvgIpc) is 2.34. The van der Waals surface area contributed by atoms with Gasteiger partial charge in [-0.15, -0.1) is 0 Å². The van der Waals surface area contributed by atoms with Crippen LogP contribution >= 0.6 is 11.6 Å². The number of hydrogen-bond donors (Lipinski definition) is 1. The van der Waals surface area contributed by atoms with Crippen LogP contribution in [0.5, 0.6) is 5.75 Å². The van der Waals surface area contributed by atoms with Crippen LogP contribution in [0.1, 0.15) is 18.4 Å². The van der Waals surface area contributed by atoms with Gasteiger partial charge in [-0.2, -0.15) is 0 Å². The van der Waals surface area contributed by atoms with Crippen molar-refractivity contribution < 1.29 is 9.47 Å². The van der Waals surface area contributed by atoms with Crippen molar-refractivity contribution in [3.05, 3.63) is 28.8 Å². The van der Waals surface area contributed by atoms with Crippen molar-refractivity contribution in [2.45, 2.75) is 25.5 Å². The summed E-state index contributed by atoms with van der Waals surface area (Å²) in [6.07, 6.45) is 2.18. The molecule has 1 aromatic carbocycles. The molecule has 0 bridgehead atoms. The first-order valence-electron chi connectivity index (χ1n) is 5.97. The molecule has 0 saturated carbocycles. The van der Waals surface area contributed by atoms with E-state index in [1.54, 1.807) is 0 Å². The summed E-state index contributed by atoms with van der Waals surface area (Å²) < 4.78 is 11.3. The van der Waals surface area contributed by atoms with E-state index in [1.165, 1.54) is 0 Å². The van der Waals surface area contributed by atoms with E-state index in [0.29, 0.717) is 0 Å².